The highest BCUT2D eigenvalue weighted by Gasteiger charge is 2.12. The van der Waals surface area contributed by atoms with Crippen LogP contribution in [0.4, 0.5) is 5.69 Å². The molecule has 1 unspecified atom stereocenters. The molecule has 0 aliphatic carbocycles. The maximum absolute atomic E-state index is 10.5. The second-order valence-corrected chi connectivity index (χ2v) is 5.37. The van der Waals surface area contributed by atoms with E-state index in [0.29, 0.717) is 12.5 Å². The van der Waals surface area contributed by atoms with Gasteiger partial charge in [0, 0.05) is 19.0 Å². The van der Waals surface area contributed by atoms with Crippen molar-refractivity contribution >= 4 is 11.7 Å². The molecule has 0 fully saturated rings. The van der Waals surface area contributed by atoms with Gasteiger partial charge in [0.15, 0.2) is 0 Å². The summed E-state index contributed by atoms with van der Waals surface area (Å²) in [5, 5.41) is 15.4. The third kappa shape index (κ3) is 4.93. The number of aliphatic carboxylic acids is 1. The molecule has 1 aliphatic rings. The molecule has 0 saturated carbocycles. The van der Waals surface area contributed by atoms with Crippen molar-refractivity contribution in [1.29, 1.82) is 0 Å². The van der Waals surface area contributed by atoms with Gasteiger partial charge >= 0.3 is 5.97 Å². The molecule has 0 bridgehead atoms. The molecule has 0 amide bonds. The smallest absolute Gasteiger partial charge is 0.303 e. The van der Waals surface area contributed by atoms with Crippen LogP contribution in [-0.4, -0.2) is 36.8 Å². The third-order valence-electron chi connectivity index (χ3n) is 3.69. The molecule has 3 N–H and O–H groups in total. The molecule has 2 rings (SSSR count). The minimum Gasteiger partial charge on any atom is -0.490 e. The molecule has 0 spiro atoms. The average Bonchev–Trinajstić information content (AvgIpc) is 2.50. The van der Waals surface area contributed by atoms with Gasteiger partial charge in [-0.25, -0.2) is 0 Å². The molecular weight excluding hydrogens is 268 g/mol. The number of rotatable bonds is 8. The predicted octanol–water partition coefficient (Wildman–Crippen LogP) is 2.27. The topological polar surface area (TPSA) is 70.6 Å². The maximum Gasteiger partial charge on any atom is 0.303 e. The Morgan fingerprint density at radius 2 is 2.38 bits per heavy atom. The first-order valence-corrected chi connectivity index (χ1v) is 7.64. The summed E-state index contributed by atoms with van der Waals surface area (Å²) in [6.45, 7) is 4.46. The van der Waals surface area contributed by atoms with Gasteiger partial charge in [-0.2, -0.15) is 0 Å². The number of carboxylic acids is 1. The van der Waals surface area contributed by atoms with E-state index in [-0.39, 0.29) is 6.42 Å². The summed E-state index contributed by atoms with van der Waals surface area (Å²) in [4.78, 5) is 10.5. The number of nitrogens with one attached hydrogen (secondary N) is 2. The number of anilines is 1. The summed E-state index contributed by atoms with van der Waals surface area (Å²) in [5.41, 5.74) is 2.34. The van der Waals surface area contributed by atoms with Gasteiger partial charge in [0.05, 0.1) is 5.69 Å². The van der Waals surface area contributed by atoms with Crippen molar-refractivity contribution in [2.45, 2.75) is 38.6 Å². The Hall–Kier alpha value is -1.75. The molecule has 1 aliphatic heterocycles. The number of carbonyl (C=O) groups is 1. The van der Waals surface area contributed by atoms with E-state index in [0.717, 1.165) is 44.0 Å². The van der Waals surface area contributed by atoms with Crippen LogP contribution in [-0.2, 0) is 11.2 Å². The van der Waals surface area contributed by atoms with Gasteiger partial charge in [-0.3, -0.25) is 4.79 Å². The lowest BCUT2D eigenvalue weighted by atomic mass is 10.0. The third-order valence-corrected chi connectivity index (χ3v) is 3.69. The highest BCUT2D eigenvalue weighted by atomic mass is 16.5. The van der Waals surface area contributed by atoms with E-state index in [2.05, 4.69) is 29.7 Å². The molecular formula is C16H24N2O3. The van der Waals surface area contributed by atoms with Crippen molar-refractivity contribution in [3.05, 3.63) is 23.8 Å². The normalized spacial score (nSPS) is 14.7. The molecule has 1 atom stereocenters. The van der Waals surface area contributed by atoms with Gasteiger partial charge in [0.1, 0.15) is 12.4 Å². The monoisotopic (exact) mass is 292 g/mol. The standard InChI is InChI=1S/C16H24N2O3/c1-2-13(17-7-3-4-16(19)20)10-12-5-6-15-14(11-12)18-8-9-21-15/h5-6,11,13,17-18H,2-4,7-10H2,1H3,(H,19,20). The summed E-state index contributed by atoms with van der Waals surface area (Å²) < 4.78 is 5.58. The van der Waals surface area contributed by atoms with Crippen molar-refractivity contribution in [3.8, 4) is 5.75 Å². The Kier molecular flexibility index (Phi) is 5.87. The SMILES string of the molecule is CCC(Cc1ccc2c(c1)NCCO2)NCCCC(=O)O. The van der Waals surface area contributed by atoms with Gasteiger partial charge in [0.2, 0.25) is 0 Å². The minimum atomic E-state index is -0.731. The Labute approximate surface area is 125 Å². The fourth-order valence-corrected chi connectivity index (χ4v) is 2.51. The fraction of sp³-hybridized carbons (Fsp3) is 0.562. The van der Waals surface area contributed by atoms with Crippen LogP contribution in [0.15, 0.2) is 18.2 Å². The zero-order valence-electron chi connectivity index (χ0n) is 12.5. The zero-order chi connectivity index (χ0) is 15.1. The van der Waals surface area contributed by atoms with Crippen molar-refractivity contribution in [2.24, 2.45) is 0 Å². The summed E-state index contributed by atoms with van der Waals surface area (Å²) in [5.74, 6) is 0.193. The van der Waals surface area contributed by atoms with Crippen LogP contribution in [0.5, 0.6) is 5.75 Å². The van der Waals surface area contributed by atoms with Crippen LogP contribution in [0.3, 0.4) is 0 Å². The van der Waals surface area contributed by atoms with E-state index in [4.69, 9.17) is 9.84 Å². The predicted molar refractivity (Wildman–Crippen MR) is 83.1 cm³/mol. The van der Waals surface area contributed by atoms with Gasteiger partial charge in [-0.05, 0) is 43.5 Å². The lowest BCUT2D eigenvalue weighted by Crippen LogP contribution is -2.31. The second kappa shape index (κ2) is 7.88. The number of benzene rings is 1. The fourth-order valence-electron chi connectivity index (χ4n) is 2.51. The molecule has 1 aromatic rings. The largest absolute Gasteiger partial charge is 0.490 e. The first-order valence-electron chi connectivity index (χ1n) is 7.64. The average molecular weight is 292 g/mol. The first-order chi connectivity index (χ1) is 10.2. The van der Waals surface area contributed by atoms with Crippen LogP contribution in [0.2, 0.25) is 0 Å². The quantitative estimate of drug-likeness (QED) is 0.641. The number of hydrogen-bond donors (Lipinski definition) is 3. The highest BCUT2D eigenvalue weighted by Crippen LogP contribution is 2.28. The minimum absolute atomic E-state index is 0.226. The van der Waals surface area contributed by atoms with Gasteiger partial charge < -0.3 is 20.5 Å². The summed E-state index contributed by atoms with van der Waals surface area (Å²) in [7, 11) is 0. The van der Waals surface area contributed by atoms with E-state index in [9.17, 15) is 4.79 Å². The van der Waals surface area contributed by atoms with Crippen LogP contribution in [0.1, 0.15) is 31.7 Å². The molecule has 0 radical (unpaired) electrons. The molecule has 0 saturated heterocycles. The van der Waals surface area contributed by atoms with Crippen LogP contribution < -0.4 is 15.4 Å². The van der Waals surface area contributed by atoms with Crippen LogP contribution >= 0.6 is 0 Å². The van der Waals surface area contributed by atoms with E-state index in [1.165, 1.54) is 5.56 Å². The van der Waals surface area contributed by atoms with E-state index in [1.54, 1.807) is 0 Å². The van der Waals surface area contributed by atoms with Crippen molar-refractivity contribution in [2.75, 3.05) is 25.0 Å². The number of carboxylic acid groups (broad SMARTS) is 1. The molecule has 21 heavy (non-hydrogen) atoms. The maximum atomic E-state index is 10.5. The van der Waals surface area contributed by atoms with Crippen LogP contribution in [0.25, 0.3) is 0 Å². The van der Waals surface area contributed by atoms with Crippen molar-refractivity contribution in [1.82, 2.24) is 5.32 Å². The molecule has 5 nitrogen and oxygen atoms in total. The Bertz CT molecular complexity index is 477. The number of ether oxygens (including phenoxy) is 1. The molecule has 1 heterocycles. The van der Waals surface area contributed by atoms with E-state index < -0.39 is 5.97 Å². The zero-order valence-corrected chi connectivity index (χ0v) is 12.5. The van der Waals surface area contributed by atoms with Crippen LogP contribution in [0, 0.1) is 0 Å². The number of hydrogen-bond acceptors (Lipinski definition) is 4. The lowest BCUT2D eigenvalue weighted by Gasteiger charge is -2.21. The molecule has 0 aromatic heterocycles. The molecule has 116 valence electrons. The number of fused-ring (bicyclic) bond motifs is 1. The summed E-state index contributed by atoms with van der Waals surface area (Å²) >= 11 is 0. The lowest BCUT2D eigenvalue weighted by molar-refractivity contribution is -0.137. The second-order valence-electron chi connectivity index (χ2n) is 5.37. The Morgan fingerprint density at radius 3 is 3.14 bits per heavy atom. The highest BCUT2D eigenvalue weighted by molar-refractivity contribution is 5.66. The first kappa shape index (κ1) is 15.6. The Morgan fingerprint density at radius 1 is 1.52 bits per heavy atom. The van der Waals surface area contributed by atoms with Gasteiger partial charge in [-0.1, -0.05) is 13.0 Å². The molecule has 1 aromatic carbocycles. The van der Waals surface area contributed by atoms with Gasteiger partial charge in [0.25, 0.3) is 0 Å². The van der Waals surface area contributed by atoms with Crippen molar-refractivity contribution < 1.29 is 14.6 Å². The van der Waals surface area contributed by atoms with E-state index >= 15 is 0 Å². The van der Waals surface area contributed by atoms with Gasteiger partial charge in [-0.15, -0.1) is 0 Å². The summed E-state index contributed by atoms with van der Waals surface area (Å²) in [6, 6.07) is 6.65. The van der Waals surface area contributed by atoms with Crippen molar-refractivity contribution in [3.63, 3.8) is 0 Å². The summed E-state index contributed by atoms with van der Waals surface area (Å²) in [6.07, 6.45) is 2.86. The molecule has 5 heteroatoms. The van der Waals surface area contributed by atoms with E-state index in [1.807, 2.05) is 6.07 Å². The Balaban J connectivity index is 1.84.